The number of halogens is 1. The van der Waals surface area contributed by atoms with Gasteiger partial charge in [-0.2, -0.15) is 0 Å². The van der Waals surface area contributed by atoms with Crippen molar-refractivity contribution in [1.29, 1.82) is 0 Å². The fourth-order valence-electron chi connectivity index (χ4n) is 1.79. The zero-order chi connectivity index (χ0) is 13.3. The number of aryl methyl sites for hydroxylation is 1. The molecule has 5 heteroatoms. The van der Waals surface area contributed by atoms with Crippen LogP contribution in [0.2, 0.25) is 5.02 Å². The van der Waals surface area contributed by atoms with Gasteiger partial charge < -0.3 is 9.30 Å². The average molecular weight is 266 g/mol. The zero-order valence-corrected chi connectivity index (χ0v) is 10.8. The maximum atomic E-state index is 11.8. The second-order valence-corrected chi connectivity index (χ2v) is 4.28. The lowest BCUT2D eigenvalue weighted by atomic mass is 10.1. The molecule has 0 fully saturated rings. The summed E-state index contributed by atoms with van der Waals surface area (Å²) >= 11 is 6.02. The first kappa shape index (κ1) is 12.6. The second kappa shape index (κ2) is 4.82. The molecule has 0 amide bonds. The Morgan fingerprint density at radius 3 is 2.78 bits per heavy atom. The normalized spacial score (nSPS) is 10.6. The Morgan fingerprint density at radius 2 is 2.11 bits per heavy atom. The van der Waals surface area contributed by atoms with Crippen LogP contribution in [0.1, 0.15) is 17.3 Å². The van der Waals surface area contributed by atoms with Crippen LogP contribution in [0.4, 0.5) is 0 Å². The number of hydrogen-bond acceptors (Lipinski definition) is 3. The number of rotatable bonds is 3. The molecule has 0 spiro atoms. The molecule has 0 radical (unpaired) electrons. The number of fused-ring (bicyclic) bond motifs is 1. The number of aromatic nitrogens is 1. The van der Waals surface area contributed by atoms with Crippen molar-refractivity contribution in [3.05, 3.63) is 35.0 Å². The Kier molecular flexibility index (Phi) is 3.39. The van der Waals surface area contributed by atoms with Crippen LogP contribution in [0.15, 0.2) is 24.4 Å². The maximum absolute atomic E-state index is 11.8. The summed E-state index contributed by atoms with van der Waals surface area (Å²) in [6, 6.07) is 4.94. The van der Waals surface area contributed by atoms with Crippen LogP contribution in [-0.4, -0.2) is 22.9 Å². The highest BCUT2D eigenvalue weighted by Crippen LogP contribution is 2.26. The largest absolute Gasteiger partial charge is 0.460 e. The van der Waals surface area contributed by atoms with E-state index in [4.69, 9.17) is 11.6 Å². The van der Waals surface area contributed by atoms with Crippen molar-refractivity contribution in [3.8, 4) is 0 Å². The van der Waals surface area contributed by atoms with Gasteiger partial charge in [-0.3, -0.25) is 4.79 Å². The molecule has 18 heavy (non-hydrogen) atoms. The Bertz CT molecular complexity index is 630. The van der Waals surface area contributed by atoms with Crippen LogP contribution in [0.25, 0.3) is 10.9 Å². The van der Waals surface area contributed by atoms with Gasteiger partial charge in [-0.1, -0.05) is 17.7 Å². The molecule has 94 valence electrons. The minimum atomic E-state index is -0.836. The first-order valence-corrected chi connectivity index (χ1v) is 5.88. The summed E-state index contributed by atoms with van der Waals surface area (Å²) in [5, 5.41) is 1.46. The van der Waals surface area contributed by atoms with Crippen LogP contribution in [0, 0.1) is 0 Å². The van der Waals surface area contributed by atoms with Gasteiger partial charge in [-0.15, -0.1) is 0 Å². The van der Waals surface area contributed by atoms with Crippen molar-refractivity contribution in [2.24, 2.45) is 7.05 Å². The smallest absolute Gasteiger partial charge is 0.379 e. The molecule has 0 saturated carbocycles. The van der Waals surface area contributed by atoms with E-state index in [-0.39, 0.29) is 6.61 Å². The molecule has 0 aliphatic carbocycles. The fourth-order valence-corrected chi connectivity index (χ4v) is 2.10. The Hall–Kier alpha value is -1.81. The van der Waals surface area contributed by atoms with E-state index in [0.29, 0.717) is 10.6 Å². The van der Waals surface area contributed by atoms with Gasteiger partial charge in [0.1, 0.15) is 0 Å². The van der Waals surface area contributed by atoms with Crippen molar-refractivity contribution in [2.45, 2.75) is 6.92 Å². The summed E-state index contributed by atoms with van der Waals surface area (Å²) in [5.74, 6) is -1.48. The maximum Gasteiger partial charge on any atom is 0.379 e. The first-order valence-electron chi connectivity index (χ1n) is 5.50. The molecule has 0 bridgehead atoms. The van der Waals surface area contributed by atoms with Crippen LogP contribution in [0.5, 0.6) is 0 Å². The van der Waals surface area contributed by atoms with Crippen molar-refractivity contribution in [2.75, 3.05) is 6.61 Å². The van der Waals surface area contributed by atoms with Crippen LogP contribution >= 0.6 is 11.6 Å². The van der Waals surface area contributed by atoms with Gasteiger partial charge in [0.2, 0.25) is 0 Å². The molecule has 0 aliphatic heterocycles. The molecule has 4 nitrogen and oxygen atoms in total. The summed E-state index contributed by atoms with van der Waals surface area (Å²) < 4.78 is 6.49. The first-order chi connectivity index (χ1) is 8.54. The summed E-state index contributed by atoms with van der Waals surface area (Å²) in [7, 11) is 1.83. The number of benzene rings is 1. The highest BCUT2D eigenvalue weighted by Gasteiger charge is 2.18. The number of esters is 1. The Morgan fingerprint density at radius 1 is 1.39 bits per heavy atom. The van der Waals surface area contributed by atoms with Crippen LogP contribution < -0.4 is 0 Å². The third kappa shape index (κ3) is 2.11. The molecule has 0 atom stereocenters. The van der Waals surface area contributed by atoms with E-state index in [1.165, 1.54) is 0 Å². The minimum absolute atomic E-state index is 0.183. The van der Waals surface area contributed by atoms with E-state index in [9.17, 15) is 9.59 Å². The molecule has 1 heterocycles. The number of ketones is 1. The number of hydrogen-bond donors (Lipinski definition) is 0. The second-order valence-electron chi connectivity index (χ2n) is 3.87. The highest BCUT2D eigenvalue weighted by molar-refractivity contribution is 6.41. The van der Waals surface area contributed by atoms with Gasteiger partial charge in [-0.05, 0) is 19.1 Å². The lowest BCUT2D eigenvalue weighted by Crippen LogP contribution is -2.17. The van der Waals surface area contributed by atoms with E-state index in [1.807, 2.05) is 7.05 Å². The van der Waals surface area contributed by atoms with Gasteiger partial charge in [0, 0.05) is 24.2 Å². The molecule has 0 N–H and O–H groups in total. The van der Waals surface area contributed by atoms with Gasteiger partial charge >= 0.3 is 5.97 Å². The molecule has 0 aliphatic rings. The highest BCUT2D eigenvalue weighted by atomic mass is 35.5. The standard InChI is InChI=1S/C13H12ClNO3/c1-3-18-13(17)12(16)8-4-5-9-10(14)7-15(2)11(9)6-8/h4-7H,3H2,1-2H3. The lowest BCUT2D eigenvalue weighted by Gasteiger charge is -2.02. The monoisotopic (exact) mass is 265 g/mol. The number of carbonyl (C=O) groups excluding carboxylic acids is 2. The van der Waals surface area contributed by atoms with Crippen molar-refractivity contribution in [3.63, 3.8) is 0 Å². The van der Waals surface area contributed by atoms with Gasteiger partial charge in [0.15, 0.2) is 0 Å². The van der Waals surface area contributed by atoms with Crippen molar-refractivity contribution < 1.29 is 14.3 Å². The number of ether oxygens (including phenoxy) is 1. The summed E-state index contributed by atoms with van der Waals surface area (Å²) in [4.78, 5) is 23.1. The van der Waals surface area contributed by atoms with E-state index in [2.05, 4.69) is 4.74 Å². The third-order valence-electron chi connectivity index (χ3n) is 2.67. The summed E-state index contributed by atoms with van der Waals surface area (Å²) in [6.07, 6.45) is 1.75. The van der Waals surface area contributed by atoms with Crippen molar-refractivity contribution >= 4 is 34.3 Å². The van der Waals surface area contributed by atoms with E-state index in [0.717, 1.165) is 10.9 Å². The molecule has 2 aromatic rings. The summed E-state index contributed by atoms with van der Waals surface area (Å²) in [6.45, 7) is 1.84. The molecule has 0 saturated heterocycles. The Labute approximate surface area is 109 Å². The topological polar surface area (TPSA) is 48.3 Å². The van der Waals surface area contributed by atoms with Crippen LogP contribution in [-0.2, 0) is 16.6 Å². The van der Waals surface area contributed by atoms with Crippen molar-refractivity contribution in [1.82, 2.24) is 4.57 Å². The fraction of sp³-hybridized carbons (Fsp3) is 0.231. The van der Waals surface area contributed by atoms with E-state index < -0.39 is 11.8 Å². The zero-order valence-electron chi connectivity index (χ0n) is 10.1. The SMILES string of the molecule is CCOC(=O)C(=O)c1ccc2c(Cl)cn(C)c2c1. The average Bonchev–Trinajstić information content (AvgIpc) is 2.64. The molecule has 0 unspecified atom stereocenters. The van der Waals surface area contributed by atoms with E-state index in [1.54, 1.807) is 35.9 Å². The molecule has 1 aromatic heterocycles. The van der Waals surface area contributed by atoms with E-state index >= 15 is 0 Å². The van der Waals surface area contributed by atoms with Crippen LogP contribution in [0.3, 0.4) is 0 Å². The Balaban J connectivity index is 2.44. The number of carbonyl (C=O) groups is 2. The van der Waals surface area contributed by atoms with Gasteiger partial charge in [-0.25, -0.2) is 4.79 Å². The van der Waals surface area contributed by atoms with Gasteiger partial charge in [0.25, 0.3) is 5.78 Å². The molecule has 1 aromatic carbocycles. The van der Waals surface area contributed by atoms with Gasteiger partial charge in [0.05, 0.1) is 17.1 Å². The third-order valence-corrected chi connectivity index (χ3v) is 2.97. The predicted molar refractivity (Wildman–Crippen MR) is 68.9 cm³/mol. The number of Topliss-reactive ketones (excluding diaryl/α,β-unsaturated/α-hetero) is 1. The minimum Gasteiger partial charge on any atom is -0.460 e. The molecular formula is C13H12ClNO3. The number of nitrogens with zero attached hydrogens (tertiary/aromatic N) is 1. The molecule has 2 rings (SSSR count). The summed E-state index contributed by atoms with van der Waals surface area (Å²) in [5.41, 5.74) is 1.11. The molecular weight excluding hydrogens is 254 g/mol. The quantitative estimate of drug-likeness (QED) is 0.487. The predicted octanol–water partition coefficient (Wildman–Crippen LogP) is 2.58. The lowest BCUT2D eigenvalue weighted by molar-refractivity contribution is -0.137.